The smallest absolute Gasteiger partial charge is 0.185 e. The highest BCUT2D eigenvalue weighted by Gasteiger charge is 2.23. The molecule has 6 nitrogen and oxygen atoms in total. The van der Waals surface area contributed by atoms with Crippen LogP contribution < -0.4 is 25.8 Å². The van der Waals surface area contributed by atoms with Gasteiger partial charge in [0.05, 0.1) is 14.2 Å². The van der Waals surface area contributed by atoms with Gasteiger partial charge in [0.1, 0.15) is 11.5 Å². The predicted molar refractivity (Wildman–Crippen MR) is 80.5 cm³/mol. The van der Waals surface area contributed by atoms with Gasteiger partial charge in [0, 0.05) is 43.5 Å². The van der Waals surface area contributed by atoms with E-state index in [0.29, 0.717) is 12.5 Å². The predicted octanol–water partition coefficient (Wildman–Crippen LogP) is 0.804. The average molecular weight is 278 g/mol. The highest BCUT2D eigenvalue weighted by molar-refractivity contribution is 5.75. The summed E-state index contributed by atoms with van der Waals surface area (Å²) in [4.78, 5) is 6.40. The maximum absolute atomic E-state index is 5.37. The summed E-state index contributed by atoms with van der Waals surface area (Å²) in [5.41, 5.74) is 11.9. The lowest BCUT2D eigenvalue weighted by atomic mass is 10.1. The van der Waals surface area contributed by atoms with Crippen molar-refractivity contribution >= 4 is 11.6 Å². The molecule has 0 aliphatic carbocycles. The van der Waals surface area contributed by atoms with Crippen LogP contribution in [0.1, 0.15) is 6.42 Å². The second kappa shape index (κ2) is 6.36. The van der Waals surface area contributed by atoms with E-state index in [1.807, 2.05) is 18.2 Å². The van der Waals surface area contributed by atoms with Gasteiger partial charge in [-0.1, -0.05) is 0 Å². The van der Waals surface area contributed by atoms with Gasteiger partial charge >= 0.3 is 0 Å². The molecule has 110 valence electrons. The van der Waals surface area contributed by atoms with Crippen molar-refractivity contribution in [2.45, 2.75) is 6.42 Å². The SMILES string of the molecule is COc1cc(OC)cc(N2CCC(CN=C(N)N)C2)c1. The Morgan fingerprint density at radius 3 is 2.45 bits per heavy atom. The Balaban J connectivity index is 2.07. The van der Waals surface area contributed by atoms with Crippen LogP contribution in [0.3, 0.4) is 0 Å². The number of rotatable bonds is 5. The monoisotopic (exact) mass is 278 g/mol. The van der Waals surface area contributed by atoms with Gasteiger partial charge in [0.25, 0.3) is 0 Å². The molecule has 1 aromatic carbocycles. The first-order valence-electron chi connectivity index (χ1n) is 6.65. The lowest BCUT2D eigenvalue weighted by molar-refractivity contribution is 0.394. The van der Waals surface area contributed by atoms with Gasteiger partial charge in [-0.25, -0.2) is 0 Å². The molecule has 1 aliphatic heterocycles. The zero-order valence-electron chi connectivity index (χ0n) is 12.0. The number of hydrogen-bond acceptors (Lipinski definition) is 4. The van der Waals surface area contributed by atoms with Crippen molar-refractivity contribution < 1.29 is 9.47 Å². The van der Waals surface area contributed by atoms with Crippen molar-refractivity contribution in [3.8, 4) is 11.5 Å². The Bertz CT molecular complexity index is 464. The van der Waals surface area contributed by atoms with Crippen LogP contribution >= 0.6 is 0 Å². The summed E-state index contributed by atoms with van der Waals surface area (Å²) in [5.74, 6) is 2.24. The van der Waals surface area contributed by atoms with Crippen molar-refractivity contribution in [3.63, 3.8) is 0 Å². The topological polar surface area (TPSA) is 86.1 Å². The zero-order chi connectivity index (χ0) is 14.5. The molecule has 0 spiro atoms. The van der Waals surface area contributed by atoms with Gasteiger partial charge in [-0.05, 0) is 12.3 Å². The van der Waals surface area contributed by atoms with E-state index in [1.54, 1.807) is 14.2 Å². The molecule has 1 fully saturated rings. The maximum Gasteiger partial charge on any atom is 0.185 e. The normalized spacial score (nSPS) is 17.9. The maximum atomic E-state index is 5.37. The number of nitrogens with zero attached hydrogens (tertiary/aromatic N) is 2. The minimum absolute atomic E-state index is 0.159. The molecule has 1 aliphatic rings. The number of aliphatic imine (C=N–C) groups is 1. The molecule has 1 heterocycles. The van der Waals surface area contributed by atoms with E-state index in [1.165, 1.54) is 0 Å². The Morgan fingerprint density at radius 2 is 1.90 bits per heavy atom. The molecular weight excluding hydrogens is 256 g/mol. The van der Waals surface area contributed by atoms with Crippen molar-refractivity contribution in [3.05, 3.63) is 18.2 Å². The summed E-state index contributed by atoms with van der Waals surface area (Å²) in [7, 11) is 3.31. The molecule has 0 saturated carbocycles. The van der Waals surface area contributed by atoms with Crippen LogP contribution in [0.15, 0.2) is 23.2 Å². The Labute approximate surface area is 119 Å². The van der Waals surface area contributed by atoms with Crippen LogP contribution in [-0.4, -0.2) is 39.8 Å². The van der Waals surface area contributed by atoms with Crippen LogP contribution in [-0.2, 0) is 0 Å². The summed E-state index contributed by atoms with van der Waals surface area (Å²) in [6, 6.07) is 5.91. The van der Waals surface area contributed by atoms with Crippen LogP contribution in [0.5, 0.6) is 11.5 Å². The molecule has 0 bridgehead atoms. The summed E-state index contributed by atoms with van der Waals surface area (Å²) < 4.78 is 10.6. The average Bonchev–Trinajstić information content (AvgIpc) is 2.93. The van der Waals surface area contributed by atoms with Crippen LogP contribution in [0, 0.1) is 5.92 Å². The van der Waals surface area contributed by atoms with Gasteiger partial charge in [-0.3, -0.25) is 4.99 Å². The zero-order valence-corrected chi connectivity index (χ0v) is 12.0. The third kappa shape index (κ3) is 3.46. The summed E-state index contributed by atoms with van der Waals surface area (Å²) in [5, 5.41) is 0. The van der Waals surface area contributed by atoms with E-state index in [9.17, 15) is 0 Å². The molecule has 0 aromatic heterocycles. The highest BCUT2D eigenvalue weighted by Crippen LogP contribution is 2.31. The van der Waals surface area contributed by atoms with Crippen LogP contribution in [0.2, 0.25) is 0 Å². The molecule has 1 saturated heterocycles. The lowest BCUT2D eigenvalue weighted by Gasteiger charge is -2.20. The van der Waals surface area contributed by atoms with Crippen molar-refractivity contribution in [2.75, 3.05) is 38.8 Å². The number of guanidine groups is 1. The van der Waals surface area contributed by atoms with E-state index in [0.717, 1.165) is 36.7 Å². The van der Waals surface area contributed by atoms with E-state index in [4.69, 9.17) is 20.9 Å². The molecular formula is C14H22N4O2. The third-order valence-corrected chi connectivity index (χ3v) is 3.52. The molecule has 1 unspecified atom stereocenters. The first kappa shape index (κ1) is 14.3. The number of anilines is 1. The van der Waals surface area contributed by atoms with Gasteiger partial charge in [0.2, 0.25) is 0 Å². The Kier molecular flexibility index (Phi) is 4.55. The standard InChI is InChI=1S/C14H22N4O2/c1-19-12-5-11(6-13(7-12)20-2)18-4-3-10(9-18)8-17-14(15)16/h5-7,10H,3-4,8-9H2,1-2H3,(H4,15,16,17). The van der Waals surface area contributed by atoms with Gasteiger partial charge < -0.3 is 25.8 Å². The van der Waals surface area contributed by atoms with E-state index in [2.05, 4.69) is 9.89 Å². The van der Waals surface area contributed by atoms with Gasteiger partial charge in [-0.2, -0.15) is 0 Å². The minimum atomic E-state index is 0.159. The molecule has 6 heteroatoms. The van der Waals surface area contributed by atoms with Gasteiger partial charge in [0.15, 0.2) is 5.96 Å². The molecule has 2 rings (SSSR count). The van der Waals surface area contributed by atoms with E-state index >= 15 is 0 Å². The number of nitrogens with two attached hydrogens (primary N) is 2. The molecule has 20 heavy (non-hydrogen) atoms. The second-order valence-corrected chi connectivity index (χ2v) is 4.94. The van der Waals surface area contributed by atoms with Gasteiger partial charge in [-0.15, -0.1) is 0 Å². The summed E-state index contributed by atoms with van der Waals surface area (Å²) >= 11 is 0. The largest absolute Gasteiger partial charge is 0.497 e. The summed E-state index contributed by atoms with van der Waals surface area (Å²) in [6.07, 6.45) is 1.08. The number of ether oxygens (including phenoxy) is 2. The van der Waals surface area contributed by atoms with Crippen molar-refractivity contribution in [1.29, 1.82) is 0 Å². The summed E-state index contributed by atoms with van der Waals surface area (Å²) in [6.45, 7) is 2.61. The van der Waals surface area contributed by atoms with Crippen molar-refractivity contribution in [1.82, 2.24) is 0 Å². The Morgan fingerprint density at radius 1 is 1.25 bits per heavy atom. The molecule has 0 amide bonds. The minimum Gasteiger partial charge on any atom is -0.497 e. The first-order valence-corrected chi connectivity index (χ1v) is 6.65. The number of benzene rings is 1. The quantitative estimate of drug-likeness (QED) is 0.614. The van der Waals surface area contributed by atoms with Crippen molar-refractivity contribution in [2.24, 2.45) is 22.4 Å². The highest BCUT2D eigenvalue weighted by atomic mass is 16.5. The number of methoxy groups -OCH3 is 2. The van der Waals surface area contributed by atoms with E-state index < -0.39 is 0 Å². The van der Waals surface area contributed by atoms with Crippen LogP contribution in [0.25, 0.3) is 0 Å². The molecule has 1 atom stereocenters. The Hall–Kier alpha value is -2.11. The second-order valence-electron chi connectivity index (χ2n) is 4.94. The lowest BCUT2D eigenvalue weighted by Crippen LogP contribution is -2.25. The first-order chi connectivity index (χ1) is 9.62. The fraction of sp³-hybridized carbons (Fsp3) is 0.500. The molecule has 0 radical (unpaired) electrons. The number of hydrogen-bond donors (Lipinski definition) is 2. The fourth-order valence-corrected chi connectivity index (χ4v) is 2.43. The van der Waals surface area contributed by atoms with E-state index in [-0.39, 0.29) is 5.96 Å². The third-order valence-electron chi connectivity index (χ3n) is 3.52. The molecule has 4 N–H and O–H groups in total. The fourth-order valence-electron chi connectivity index (χ4n) is 2.43. The molecule has 1 aromatic rings. The van der Waals surface area contributed by atoms with Crippen LogP contribution in [0.4, 0.5) is 5.69 Å².